The number of anilines is 1. The van der Waals surface area contributed by atoms with Crippen molar-refractivity contribution in [3.63, 3.8) is 0 Å². The summed E-state index contributed by atoms with van der Waals surface area (Å²) in [5.74, 6) is 0.596. The molecule has 0 spiro atoms. The van der Waals surface area contributed by atoms with Gasteiger partial charge >= 0.3 is 0 Å². The number of aromatic nitrogens is 2. The third kappa shape index (κ3) is 4.67. The van der Waals surface area contributed by atoms with Crippen LogP contribution in [-0.2, 0) is 4.79 Å². The summed E-state index contributed by atoms with van der Waals surface area (Å²) in [6.45, 7) is 3.85. The zero-order valence-corrected chi connectivity index (χ0v) is 14.9. The zero-order valence-electron chi connectivity index (χ0n) is 14.9. The third-order valence-corrected chi connectivity index (χ3v) is 5.10. The Morgan fingerprint density at radius 1 is 0.960 bits per heavy atom. The van der Waals surface area contributed by atoms with Crippen molar-refractivity contribution in [3.8, 4) is 0 Å². The topological polar surface area (TPSA) is 78.4 Å². The molecule has 0 bridgehead atoms. The van der Waals surface area contributed by atoms with Crippen molar-refractivity contribution >= 4 is 17.8 Å². The maximum absolute atomic E-state index is 12.5. The van der Waals surface area contributed by atoms with Crippen molar-refractivity contribution in [2.24, 2.45) is 0 Å². The van der Waals surface area contributed by atoms with Gasteiger partial charge in [-0.25, -0.2) is 9.97 Å². The Morgan fingerprint density at radius 3 is 2.08 bits per heavy atom. The lowest BCUT2D eigenvalue weighted by Crippen LogP contribution is -2.50. The summed E-state index contributed by atoms with van der Waals surface area (Å²) in [4.78, 5) is 36.1. The summed E-state index contributed by atoms with van der Waals surface area (Å²) in [6.07, 6.45) is 10.6. The second-order valence-electron chi connectivity index (χ2n) is 6.93. The highest BCUT2D eigenvalue weighted by Crippen LogP contribution is 2.19. The molecule has 1 aromatic rings. The van der Waals surface area contributed by atoms with Crippen molar-refractivity contribution in [2.75, 3.05) is 31.5 Å². The first-order valence-corrected chi connectivity index (χ1v) is 9.27. The summed E-state index contributed by atoms with van der Waals surface area (Å²) in [5.41, 5.74) is 0.502. The van der Waals surface area contributed by atoms with E-state index in [2.05, 4.69) is 15.3 Å². The molecule has 0 atom stereocenters. The van der Waals surface area contributed by atoms with Crippen LogP contribution in [0.4, 0.5) is 5.95 Å². The van der Waals surface area contributed by atoms with Gasteiger partial charge in [-0.15, -0.1) is 0 Å². The van der Waals surface area contributed by atoms with Gasteiger partial charge < -0.3 is 15.1 Å². The average Bonchev–Trinajstić information content (AvgIpc) is 2.90. The SMILES string of the molecule is CC(=O)N1CCN(C(=O)c2cnc(NC3CCCCCC3)nc2)CC1. The molecule has 1 aromatic heterocycles. The Bertz CT molecular complexity index is 588. The molecule has 3 rings (SSSR count). The second-order valence-corrected chi connectivity index (χ2v) is 6.93. The largest absolute Gasteiger partial charge is 0.351 e. The van der Waals surface area contributed by atoms with Crippen LogP contribution in [0.3, 0.4) is 0 Å². The summed E-state index contributed by atoms with van der Waals surface area (Å²) < 4.78 is 0. The van der Waals surface area contributed by atoms with E-state index in [1.807, 2.05) is 0 Å². The molecule has 2 fully saturated rings. The molecule has 1 N–H and O–H groups in total. The van der Waals surface area contributed by atoms with Crippen LogP contribution < -0.4 is 5.32 Å². The van der Waals surface area contributed by atoms with E-state index in [1.165, 1.54) is 25.7 Å². The molecule has 2 aliphatic rings. The molecule has 1 saturated carbocycles. The van der Waals surface area contributed by atoms with Gasteiger partial charge in [-0.3, -0.25) is 9.59 Å². The van der Waals surface area contributed by atoms with Gasteiger partial charge in [0.2, 0.25) is 11.9 Å². The van der Waals surface area contributed by atoms with E-state index in [0.717, 1.165) is 12.8 Å². The number of hydrogen-bond donors (Lipinski definition) is 1. The minimum Gasteiger partial charge on any atom is -0.351 e. The van der Waals surface area contributed by atoms with Crippen LogP contribution in [0.2, 0.25) is 0 Å². The number of carbonyl (C=O) groups is 2. The highest BCUT2D eigenvalue weighted by atomic mass is 16.2. The maximum atomic E-state index is 12.5. The second kappa shape index (κ2) is 8.27. The number of hydrogen-bond acceptors (Lipinski definition) is 5. The Balaban J connectivity index is 1.54. The molecule has 1 aliphatic heterocycles. The van der Waals surface area contributed by atoms with Crippen molar-refractivity contribution < 1.29 is 9.59 Å². The van der Waals surface area contributed by atoms with Gasteiger partial charge in [0.05, 0.1) is 5.56 Å². The van der Waals surface area contributed by atoms with Gasteiger partial charge in [0.25, 0.3) is 5.91 Å². The van der Waals surface area contributed by atoms with Crippen LogP contribution in [-0.4, -0.2) is 63.8 Å². The fraction of sp³-hybridized carbons (Fsp3) is 0.667. The van der Waals surface area contributed by atoms with Crippen molar-refractivity contribution in [2.45, 2.75) is 51.5 Å². The minimum absolute atomic E-state index is 0.0596. The number of rotatable bonds is 3. The molecule has 1 saturated heterocycles. The van der Waals surface area contributed by atoms with Crippen molar-refractivity contribution in [1.29, 1.82) is 0 Å². The van der Waals surface area contributed by atoms with Crippen LogP contribution in [0, 0.1) is 0 Å². The summed E-state index contributed by atoms with van der Waals surface area (Å²) in [6, 6.07) is 0.434. The van der Waals surface area contributed by atoms with E-state index >= 15 is 0 Å². The number of nitrogens with zero attached hydrogens (tertiary/aromatic N) is 4. The number of carbonyl (C=O) groups excluding carboxylic acids is 2. The molecule has 0 aromatic carbocycles. The lowest BCUT2D eigenvalue weighted by atomic mass is 10.1. The molecule has 0 unspecified atom stereocenters. The first-order valence-electron chi connectivity index (χ1n) is 9.27. The summed E-state index contributed by atoms with van der Waals surface area (Å²) in [5, 5.41) is 3.39. The predicted molar refractivity (Wildman–Crippen MR) is 95.3 cm³/mol. The lowest BCUT2D eigenvalue weighted by Gasteiger charge is -2.34. The van der Waals surface area contributed by atoms with Gasteiger partial charge in [0, 0.05) is 51.5 Å². The fourth-order valence-electron chi connectivity index (χ4n) is 3.53. The lowest BCUT2D eigenvalue weighted by molar-refractivity contribution is -0.130. The minimum atomic E-state index is -0.0655. The molecule has 25 heavy (non-hydrogen) atoms. The van der Waals surface area contributed by atoms with Crippen LogP contribution in [0.5, 0.6) is 0 Å². The van der Waals surface area contributed by atoms with Crippen LogP contribution in [0.25, 0.3) is 0 Å². The van der Waals surface area contributed by atoms with E-state index < -0.39 is 0 Å². The molecule has 136 valence electrons. The molecule has 2 amide bonds. The molecule has 1 aliphatic carbocycles. The van der Waals surface area contributed by atoms with E-state index in [4.69, 9.17) is 0 Å². The quantitative estimate of drug-likeness (QED) is 0.847. The van der Waals surface area contributed by atoms with Gasteiger partial charge in [-0.05, 0) is 12.8 Å². The van der Waals surface area contributed by atoms with E-state index in [-0.39, 0.29) is 11.8 Å². The monoisotopic (exact) mass is 345 g/mol. The third-order valence-electron chi connectivity index (χ3n) is 5.10. The zero-order chi connectivity index (χ0) is 17.6. The number of amides is 2. The predicted octanol–water partition coefficient (Wildman–Crippen LogP) is 1.92. The Morgan fingerprint density at radius 2 is 1.52 bits per heavy atom. The maximum Gasteiger partial charge on any atom is 0.257 e. The normalized spacial score (nSPS) is 19.4. The van der Waals surface area contributed by atoms with Crippen LogP contribution in [0.15, 0.2) is 12.4 Å². The number of nitrogens with one attached hydrogen (secondary N) is 1. The molecule has 7 heteroatoms. The molecular weight excluding hydrogens is 318 g/mol. The Labute approximate surface area is 148 Å². The van der Waals surface area contributed by atoms with E-state index in [9.17, 15) is 9.59 Å². The van der Waals surface area contributed by atoms with Gasteiger partial charge in [-0.2, -0.15) is 0 Å². The Hall–Kier alpha value is -2.18. The van der Waals surface area contributed by atoms with Crippen molar-refractivity contribution in [1.82, 2.24) is 19.8 Å². The smallest absolute Gasteiger partial charge is 0.257 e. The van der Waals surface area contributed by atoms with E-state index in [1.54, 1.807) is 29.1 Å². The highest BCUT2D eigenvalue weighted by Gasteiger charge is 2.23. The first kappa shape index (κ1) is 17.6. The van der Waals surface area contributed by atoms with Crippen LogP contribution >= 0.6 is 0 Å². The molecule has 7 nitrogen and oxygen atoms in total. The van der Waals surface area contributed by atoms with Crippen LogP contribution in [0.1, 0.15) is 55.8 Å². The molecular formula is C18H27N5O2. The average molecular weight is 345 g/mol. The molecule has 2 heterocycles. The number of piperazine rings is 1. The van der Waals surface area contributed by atoms with Gasteiger partial charge in [-0.1, -0.05) is 25.7 Å². The summed E-state index contributed by atoms with van der Waals surface area (Å²) in [7, 11) is 0. The standard InChI is InChI=1S/C18H27N5O2/c1-14(24)22-8-10-23(11-9-22)17(25)15-12-19-18(20-13-15)21-16-6-4-2-3-5-7-16/h12-13,16H,2-11H2,1H3,(H,19,20,21). The highest BCUT2D eigenvalue weighted by molar-refractivity contribution is 5.93. The molecule has 0 radical (unpaired) electrons. The Kier molecular flexibility index (Phi) is 5.83. The summed E-state index contributed by atoms with van der Waals surface area (Å²) >= 11 is 0. The fourth-order valence-corrected chi connectivity index (χ4v) is 3.53. The van der Waals surface area contributed by atoms with E-state index in [0.29, 0.717) is 43.7 Å². The van der Waals surface area contributed by atoms with Gasteiger partial charge in [0.1, 0.15) is 0 Å². The van der Waals surface area contributed by atoms with Crippen molar-refractivity contribution in [3.05, 3.63) is 18.0 Å². The first-order chi connectivity index (χ1) is 12.1. The van der Waals surface area contributed by atoms with Gasteiger partial charge in [0.15, 0.2) is 0 Å².